The van der Waals surface area contributed by atoms with Crippen molar-refractivity contribution in [2.75, 3.05) is 0 Å². The van der Waals surface area contributed by atoms with E-state index < -0.39 is 33.9 Å². The number of nitrogens with zero attached hydrogens (tertiary/aromatic N) is 4. The zero-order valence-electron chi connectivity index (χ0n) is 12.1. The highest BCUT2D eigenvalue weighted by Gasteiger charge is 2.84. The number of nitriles is 4. The molecule has 4 N–H and O–H groups in total. The highest BCUT2D eigenvalue weighted by molar-refractivity contribution is 6.31. The number of halogens is 1. The number of carbonyl (C=O) groups is 1. The highest BCUT2D eigenvalue weighted by Crippen LogP contribution is 2.76. The van der Waals surface area contributed by atoms with Crippen LogP contribution < -0.4 is 11.5 Å². The Morgan fingerprint density at radius 2 is 1.58 bits per heavy atom. The molecule has 1 amide bonds. The lowest BCUT2D eigenvalue weighted by atomic mass is 9.89. The summed E-state index contributed by atoms with van der Waals surface area (Å²) in [5, 5.41) is 37.6. The summed E-state index contributed by atoms with van der Waals surface area (Å²) in [6.45, 7) is 0. The maximum atomic E-state index is 12.0. The summed E-state index contributed by atoms with van der Waals surface area (Å²) in [6.07, 6.45) is 0. The Labute approximate surface area is 142 Å². The van der Waals surface area contributed by atoms with Gasteiger partial charge in [0.2, 0.25) is 5.91 Å². The number of rotatable bonds is 3. The Kier molecular flexibility index (Phi) is 3.93. The third kappa shape index (κ3) is 1.77. The summed E-state index contributed by atoms with van der Waals surface area (Å²) in [5.74, 6) is -2.16. The second-order valence-electron chi connectivity index (χ2n) is 5.17. The van der Waals surface area contributed by atoms with Crippen molar-refractivity contribution >= 4 is 17.5 Å². The first kappa shape index (κ1) is 16.8. The smallest absolute Gasteiger partial charge is 0.240 e. The SMILES string of the molecule is N#CC(C#N)=C(N)[C@]1(C#N)[C@@H](c2ccccc2Cl)[C@@]1(C#N)C(N)=O. The average molecular weight is 337 g/mol. The fourth-order valence-corrected chi connectivity index (χ4v) is 3.36. The van der Waals surface area contributed by atoms with E-state index in [9.17, 15) is 15.3 Å². The van der Waals surface area contributed by atoms with Crippen molar-refractivity contribution < 1.29 is 4.79 Å². The van der Waals surface area contributed by atoms with E-state index in [1.807, 2.05) is 6.07 Å². The number of carbonyl (C=O) groups excluding carboxylic acids is 1. The first-order chi connectivity index (χ1) is 11.4. The van der Waals surface area contributed by atoms with E-state index in [0.29, 0.717) is 5.56 Å². The minimum Gasteiger partial charge on any atom is -0.399 e. The van der Waals surface area contributed by atoms with Crippen molar-refractivity contribution in [3.63, 3.8) is 0 Å². The van der Waals surface area contributed by atoms with Crippen LogP contribution in [0.25, 0.3) is 0 Å². The monoisotopic (exact) mass is 336 g/mol. The largest absolute Gasteiger partial charge is 0.399 e. The molecule has 0 bridgehead atoms. The van der Waals surface area contributed by atoms with E-state index in [0.717, 1.165) is 0 Å². The number of hydrogen-bond donors (Lipinski definition) is 2. The van der Waals surface area contributed by atoms with E-state index in [4.69, 9.17) is 33.6 Å². The lowest BCUT2D eigenvalue weighted by Crippen LogP contribution is -2.32. The van der Waals surface area contributed by atoms with Crippen LogP contribution in [0.2, 0.25) is 5.02 Å². The molecule has 1 aromatic rings. The molecule has 0 heterocycles. The predicted molar refractivity (Wildman–Crippen MR) is 81.9 cm³/mol. The molecule has 1 aliphatic carbocycles. The number of amides is 1. The molecule has 1 aromatic carbocycles. The number of allylic oxidation sites excluding steroid dienone is 2. The summed E-state index contributed by atoms with van der Waals surface area (Å²) in [6, 6.07) is 13.0. The Morgan fingerprint density at radius 1 is 1.04 bits per heavy atom. The van der Waals surface area contributed by atoms with E-state index >= 15 is 0 Å². The van der Waals surface area contributed by atoms with Crippen LogP contribution in [-0.4, -0.2) is 5.91 Å². The molecule has 1 aliphatic rings. The van der Waals surface area contributed by atoms with Crippen LogP contribution in [0, 0.1) is 56.2 Å². The molecular weight excluding hydrogens is 328 g/mol. The zero-order valence-corrected chi connectivity index (χ0v) is 12.9. The van der Waals surface area contributed by atoms with Crippen molar-refractivity contribution in [1.29, 1.82) is 21.0 Å². The van der Waals surface area contributed by atoms with Gasteiger partial charge in [0.25, 0.3) is 0 Å². The van der Waals surface area contributed by atoms with Gasteiger partial charge >= 0.3 is 0 Å². The van der Waals surface area contributed by atoms with Gasteiger partial charge < -0.3 is 11.5 Å². The minimum absolute atomic E-state index is 0.212. The summed E-state index contributed by atoms with van der Waals surface area (Å²) in [5.41, 5.74) is 6.62. The van der Waals surface area contributed by atoms with Crippen molar-refractivity contribution in [2.24, 2.45) is 22.3 Å². The second kappa shape index (κ2) is 5.60. The third-order valence-corrected chi connectivity index (χ3v) is 4.62. The molecular formula is C16H9ClN6O. The predicted octanol–water partition coefficient (Wildman–Crippen LogP) is 1.20. The standard InChI is InChI=1S/C16H9ClN6O/c17-11-4-2-1-3-10(11)12-15(7-20,13(22)9(5-18)6-19)16(12,8-21)14(23)24/h1-4,12H,22H2,(H2,23,24)/t12-,15+,16+/m1/s1. The molecule has 0 aromatic heterocycles. The number of primary amides is 1. The van der Waals surface area contributed by atoms with Gasteiger partial charge in [0.15, 0.2) is 5.41 Å². The third-order valence-electron chi connectivity index (χ3n) is 4.28. The molecule has 1 fully saturated rings. The van der Waals surface area contributed by atoms with Crippen LogP contribution in [0.3, 0.4) is 0 Å². The Bertz CT molecular complexity index is 925. The van der Waals surface area contributed by atoms with Gasteiger partial charge in [-0.25, -0.2) is 0 Å². The van der Waals surface area contributed by atoms with Crippen molar-refractivity contribution in [1.82, 2.24) is 0 Å². The molecule has 116 valence electrons. The van der Waals surface area contributed by atoms with E-state index in [-0.39, 0.29) is 5.02 Å². The van der Waals surface area contributed by atoms with Gasteiger partial charge in [-0.3, -0.25) is 4.79 Å². The zero-order chi connectivity index (χ0) is 18.1. The quantitative estimate of drug-likeness (QED) is 0.787. The Hall–Kier alpha value is -3.52. The number of nitrogens with two attached hydrogens (primary N) is 2. The molecule has 0 spiro atoms. The Balaban J connectivity index is 2.88. The summed E-state index contributed by atoms with van der Waals surface area (Å²) in [4.78, 5) is 12.0. The molecule has 2 rings (SSSR count). The fraction of sp³-hybridized carbons (Fsp3) is 0.188. The van der Waals surface area contributed by atoms with Gasteiger partial charge in [-0.15, -0.1) is 0 Å². The number of benzene rings is 1. The number of hydrogen-bond acceptors (Lipinski definition) is 6. The van der Waals surface area contributed by atoms with E-state index in [1.54, 1.807) is 30.3 Å². The molecule has 0 unspecified atom stereocenters. The molecule has 0 radical (unpaired) electrons. The summed E-state index contributed by atoms with van der Waals surface area (Å²) < 4.78 is 0. The van der Waals surface area contributed by atoms with Crippen LogP contribution in [0.5, 0.6) is 0 Å². The van der Waals surface area contributed by atoms with Gasteiger partial charge in [0, 0.05) is 10.9 Å². The van der Waals surface area contributed by atoms with Crippen LogP contribution in [-0.2, 0) is 4.79 Å². The maximum Gasteiger partial charge on any atom is 0.240 e. The minimum atomic E-state index is -2.02. The fourth-order valence-electron chi connectivity index (χ4n) is 3.12. The lowest BCUT2D eigenvalue weighted by molar-refractivity contribution is -0.122. The highest BCUT2D eigenvalue weighted by atomic mass is 35.5. The van der Waals surface area contributed by atoms with Crippen LogP contribution in [0.15, 0.2) is 35.5 Å². The van der Waals surface area contributed by atoms with Crippen LogP contribution in [0.1, 0.15) is 11.5 Å². The van der Waals surface area contributed by atoms with Gasteiger partial charge in [-0.1, -0.05) is 29.8 Å². The van der Waals surface area contributed by atoms with Gasteiger partial charge in [0.1, 0.15) is 23.1 Å². The van der Waals surface area contributed by atoms with Gasteiger partial charge in [-0.05, 0) is 11.6 Å². The van der Waals surface area contributed by atoms with E-state index in [1.165, 1.54) is 12.1 Å². The average Bonchev–Trinajstić information content (AvgIpc) is 3.20. The molecule has 1 saturated carbocycles. The molecule has 7 nitrogen and oxygen atoms in total. The van der Waals surface area contributed by atoms with E-state index in [2.05, 4.69) is 0 Å². The topological polar surface area (TPSA) is 164 Å². The van der Waals surface area contributed by atoms with Crippen LogP contribution in [0.4, 0.5) is 0 Å². The second-order valence-corrected chi connectivity index (χ2v) is 5.58. The molecule has 8 heteroatoms. The molecule has 0 saturated heterocycles. The van der Waals surface area contributed by atoms with Gasteiger partial charge in [-0.2, -0.15) is 21.0 Å². The lowest BCUT2D eigenvalue weighted by Gasteiger charge is -2.11. The molecule has 3 atom stereocenters. The molecule has 24 heavy (non-hydrogen) atoms. The van der Waals surface area contributed by atoms with Crippen molar-refractivity contribution in [2.45, 2.75) is 5.92 Å². The first-order valence-corrected chi connectivity index (χ1v) is 6.94. The summed E-state index contributed by atoms with van der Waals surface area (Å²) >= 11 is 6.13. The first-order valence-electron chi connectivity index (χ1n) is 6.56. The summed E-state index contributed by atoms with van der Waals surface area (Å²) in [7, 11) is 0. The Morgan fingerprint density at radius 3 is 2.00 bits per heavy atom. The van der Waals surface area contributed by atoms with Gasteiger partial charge in [0.05, 0.1) is 17.8 Å². The normalized spacial score (nSPS) is 26.8. The van der Waals surface area contributed by atoms with Crippen molar-refractivity contribution in [3.05, 3.63) is 46.1 Å². The van der Waals surface area contributed by atoms with Crippen molar-refractivity contribution in [3.8, 4) is 24.3 Å². The molecule has 0 aliphatic heterocycles. The maximum absolute atomic E-state index is 12.0. The van der Waals surface area contributed by atoms with Crippen LogP contribution >= 0.6 is 11.6 Å².